The van der Waals surface area contributed by atoms with E-state index in [0.717, 1.165) is 24.0 Å². The third-order valence-electron chi connectivity index (χ3n) is 6.64. The molecule has 1 saturated carbocycles. The summed E-state index contributed by atoms with van der Waals surface area (Å²) in [6.07, 6.45) is -0.470. The molecule has 0 aromatic heterocycles. The Kier molecular flexibility index (Phi) is 3.34. The first-order chi connectivity index (χ1) is 10.7. The third kappa shape index (κ3) is 1.97. The smallest absolute Gasteiger partial charge is 0.185 e. The number of hydrogen-bond donors (Lipinski definition) is 2. The van der Waals surface area contributed by atoms with Crippen LogP contribution in [0.5, 0.6) is 0 Å². The second-order valence-electron chi connectivity index (χ2n) is 8.44. The lowest BCUT2D eigenvalue weighted by Crippen LogP contribution is -2.64. The molecule has 0 aromatic rings. The first-order valence-corrected chi connectivity index (χ1v) is 8.75. The fourth-order valence-corrected chi connectivity index (χ4v) is 5.83. The minimum absolute atomic E-state index is 0.0254. The molecule has 0 radical (unpaired) electrons. The SMILES string of the molecule is CC1=C2C(O)C(O)O[C@H]3CC[C@@H](C)[C@H]([C@@H]4OC(C)(C)O[C@H]14)[C@@]23C. The van der Waals surface area contributed by atoms with Crippen LogP contribution in [-0.4, -0.2) is 46.7 Å². The van der Waals surface area contributed by atoms with Crippen LogP contribution in [0.1, 0.15) is 47.5 Å². The summed E-state index contributed by atoms with van der Waals surface area (Å²) in [6.45, 7) is 10.3. The van der Waals surface area contributed by atoms with Gasteiger partial charge in [-0.1, -0.05) is 13.8 Å². The van der Waals surface area contributed by atoms with E-state index in [1.807, 2.05) is 20.8 Å². The van der Waals surface area contributed by atoms with Crippen LogP contribution in [-0.2, 0) is 14.2 Å². The van der Waals surface area contributed by atoms with Crippen molar-refractivity contribution < 1.29 is 24.4 Å². The molecule has 8 atom stereocenters. The zero-order chi connectivity index (χ0) is 16.7. The second kappa shape index (κ2) is 4.79. The highest BCUT2D eigenvalue weighted by atomic mass is 16.8. The standard InChI is InChI=1S/C18H28O5/c1-8-6-7-10-18(5)11(8)15-14(22-17(3,4)23-15)9(2)12(18)13(19)16(20)21-10/h8,10-11,13-16,19-20H,6-7H2,1-5H3/t8-,10+,11-,13?,14-,15+,16?,18+/m1/s1. The van der Waals surface area contributed by atoms with Gasteiger partial charge in [-0.3, -0.25) is 0 Å². The van der Waals surface area contributed by atoms with Gasteiger partial charge in [-0.15, -0.1) is 0 Å². The first-order valence-electron chi connectivity index (χ1n) is 8.75. The molecule has 5 heteroatoms. The topological polar surface area (TPSA) is 68.2 Å². The summed E-state index contributed by atoms with van der Waals surface area (Å²) in [5, 5.41) is 20.9. The van der Waals surface area contributed by atoms with E-state index in [-0.39, 0.29) is 29.6 Å². The molecule has 130 valence electrons. The van der Waals surface area contributed by atoms with Crippen molar-refractivity contribution in [2.45, 2.75) is 84.0 Å². The fraction of sp³-hybridized carbons (Fsp3) is 0.889. The van der Waals surface area contributed by atoms with Gasteiger partial charge >= 0.3 is 0 Å². The van der Waals surface area contributed by atoms with E-state index in [1.165, 1.54) is 0 Å². The maximum atomic E-state index is 10.7. The van der Waals surface area contributed by atoms with Crippen LogP contribution < -0.4 is 0 Å². The Bertz CT molecular complexity index is 556. The van der Waals surface area contributed by atoms with Crippen molar-refractivity contribution in [3.05, 3.63) is 11.1 Å². The highest BCUT2D eigenvalue weighted by Crippen LogP contribution is 2.61. The van der Waals surface area contributed by atoms with Crippen molar-refractivity contribution in [2.75, 3.05) is 0 Å². The van der Waals surface area contributed by atoms with Crippen LogP contribution in [0.2, 0.25) is 0 Å². The van der Waals surface area contributed by atoms with Crippen LogP contribution in [0.3, 0.4) is 0 Å². The van der Waals surface area contributed by atoms with E-state index >= 15 is 0 Å². The van der Waals surface area contributed by atoms with E-state index in [9.17, 15) is 10.2 Å². The van der Waals surface area contributed by atoms with Gasteiger partial charge in [0.05, 0.1) is 12.2 Å². The zero-order valence-corrected chi connectivity index (χ0v) is 14.6. The summed E-state index contributed by atoms with van der Waals surface area (Å²) >= 11 is 0. The van der Waals surface area contributed by atoms with Crippen molar-refractivity contribution in [2.24, 2.45) is 17.3 Å². The van der Waals surface area contributed by atoms with E-state index in [1.54, 1.807) is 0 Å². The second-order valence-corrected chi connectivity index (χ2v) is 8.44. The number of hydrogen-bond acceptors (Lipinski definition) is 5. The lowest BCUT2D eigenvalue weighted by atomic mass is 9.50. The van der Waals surface area contributed by atoms with Gasteiger partial charge in [0.25, 0.3) is 0 Å². The predicted molar refractivity (Wildman–Crippen MR) is 83.4 cm³/mol. The van der Waals surface area contributed by atoms with Gasteiger partial charge in [0.15, 0.2) is 12.1 Å². The molecule has 5 nitrogen and oxygen atoms in total. The molecular formula is C18H28O5. The molecule has 4 rings (SSSR count). The molecule has 4 aliphatic rings. The summed E-state index contributed by atoms with van der Waals surface area (Å²) < 4.78 is 18.3. The minimum atomic E-state index is -1.15. The molecule has 2 saturated heterocycles. The molecule has 2 N–H and O–H groups in total. The molecule has 2 heterocycles. The number of fused-ring (bicyclic) bond motifs is 2. The molecular weight excluding hydrogens is 296 g/mol. The minimum Gasteiger partial charge on any atom is -0.383 e. The van der Waals surface area contributed by atoms with Gasteiger partial charge < -0.3 is 24.4 Å². The molecule has 2 aliphatic carbocycles. The molecule has 3 fully saturated rings. The Morgan fingerprint density at radius 2 is 1.78 bits per heavy atom. The van der Waals surface area contributed by atoms with Crippen LogP contribution in [0.25, 0.3) is 0 Å². The summed E-state index contributed by atoms with van der Waals surface area (Å²) in [7, 11) is 0. The number of rotatable bonds is 0. The zero-order valence-electron chi connectivity index (χ0n) is 14.6. The van der Waals surface area contributed by atoms with Crippen LogP contribution in [0.4, 0.5) is 0 Å². The molecule has 2 unspecified atom stereocenters. The fourth-order valence-electron chi connectivity index (χ4n) is 5.83. The summed E-state index contributed by atoms with van der Waals surface area (Å²) in [5.74, 6) is 0.0437. The Balaban J connectivity index is 1.90. The van der Waals surface area contributed by atoms with Gasteiger partial charge in [-0.2, -0.15) is 0 Å². The lowest BCUT2D eigenvalue weighted by Gasteiger charge is -2.60. The summed E-state index contributed by atoms with van der Waals surface area (Å²) in [4.78, 5) is 0. The quantitative estimate of drug-likeness (QED) is 0.667. The maximum absolute atomic E-state index is 10.7. The molecule has 0 aromatic carbocycles. The molecule has 2 aliphatic heterocycles. The monoisotopic (exact) mass is 324 g/mol. The van der Waals surface area contributed by atoms with E-state index in [0.29, 0.717) is 5.92 Å². The summed E-state index contributed by atoms with van der Waals surface area (Å²) in [5.41, 5.74) is 1.61. The lowest BCUT2D eigenvalue weighted by molar-refractivity contribution is -0.262. The first kappa shape index (κ1) is 16.0. The predicted octanol–water partition coefficient (Wildman–Crippen LogP) is 1.97. The van der Waals surface area contributed by atoms with Crippen LogP contribution in [0, 0.1) is 17.3 Å². The average molecular weight is 324 g/mol. The maximum Gasteiger partial charge on any atom is 0.185 e. The van der Waals surface area contributed by atoms with E-state index < -0.39 is 18.2 Å². The largest absolute Gasteiger partial charge is 0.383 e. The highest BCUT2D eigenvalue weighted by molar-refractivity contribution is 5.38. The number of aliphatic hydroxyl groups is 2. The molecule has 23 heavy (non-hydrogen) atoms. The third-order valence-corrected chi connectivity index (χ3v) is 6.64. The number of ether oxygens (including phenoxy) is 3. The van der Waals surface area contributed by atoms with Crippen molar-refractivity contribution in [1.82, 2.24) is 0 Å². The van der Waals surface area contributed by atoms with Gasteiger partial charge in [-0.05, 0) is 50.7 Å². The normalized spacial score (nSPS) is 54.7. The van der Waals surface area contributed by atoms with Crippen molar-refractivity contribution >= 4 is 0 Å². The number of aliphatic hydroxyl groups excluding tert-OH is 2. The van der Waals surface area contributed by atoms with Gasteiger partial charge in [0.2, 0.25) is 0 Å². The molecule has 0 amide bonds. The Hall–Kier alpha value is -0.460. The molecule has 0 spiro atoms. The van der Waals surface area contributed by atoms with E-state index in [2.05, 4.69) is 13.8 Å². The van der Waals surface area contributed by atoms with Gasteiger partial charge in [0, 0.05) is 11.3 Å². The Morgan fingerprint density at radius 3 is 2.48 bits per heavy atom. The van der Waals surface area contributed by atoms with E-state index in [4.69, 9.17) is 14.2 Å². The van der Waals surface area contributed by atoms with Crippen LogP contribution >= 0.6 is 0 Å². The van der Waals surface area contributed by atoms with Crippen molar-refractivity contribution in [3.63, 3.8) is 0 Å². The van der Waals surface area contributed by atoms with Crippen molar-refractivity contribution in [3.8, 4) is 0 Å². The summed E-state index contributed by atoms with van der Waals surface area (Å²) in [6, 6.07) is 0. The molecule has 0 bridgehead atoms. The van der Waals surface area contributed by atoms with Crippen molar-refractivity contribution in [1.29, 1.82) is 0 Å². The van der Waals surface area contributed by atoms with Crippen LogP contribution in [0.15, 0.2) is 11.1 Å². The van der Waals surface area contributed by atoms with Gasteiger partial charge in [0.1, 0.15) is 12.2 Å². The Morgan fingerprint density at radius 1 is 1.09 bits per heavy atom. The van der Waals surface area contributed by atoms with Gasteiger partial charge in [-0.25, -0.2) is 0 Å². The highest BCUT2D eigenvalue weighted by Gasteiger charge is 2.65. The average Bonchev–Trinajstić information content (AvgIpc) is 2.76. The Labute approximate surface area is 137 Å².